The molecule has 1 atom stereocenters. The van der Waals surface area contributed by atoms with Crippen LogP contribution in [0.3, 0.4) is 0 Å². The summed E-state index contributed by atoms with van der Waals surface area (Å²) in [5, 5.41) is 3.78. The van der Waals surface area contributed by atoms with Crippen molar-refractivity contribution in [2.45, 2.75) is 23.8 Å². The molecule has 0 radical (unpaired) electrons. The topological polar surface area (TPSA) is 79.4 Å². The molecule has 6 nitrogen and oxygen atoms in total. The summed E-state index contributed by atoms with van der Waals surface area (Å²) in [6, 6.07) is 6.78. The van der Waals surface area contributed by atoms with E-state index >= 15 is 0 Å². The summed E-state index contributed by atoms with van der Waals surface area (Å²) in [7, 11) is 0.643. The molecule has 1 unspecified atom stereocenters. The zero-order chi connectivity index (χ0) is 17.5. The van der Waals surface area contributed by atoms with Crippen LogP contribution in [0.4, 0.5) is 5.13 Å². The molecular formula is C16H19N3O3S2. The van der Waals surface area contributed by atoms with Gasteiger partial charge in [0.1, 0.15) is 0 Å². The molecule has 0 bridgehead atoms. The van der Waals surface area contributed by atoms with Crippen molar-refractivity contribution >= 4 is 32.2 Å². The van der Waals surface area contributed by atoms with E-state index < -0.39 is 9.84 Å². The van der Waals surface area contributed by atoms with Crippen LogP contribution in [0.15, 0.2) is 29.2 Å². The molecule has 0 spiro atoms. The van der Waals surface area contributed by atoms with Gasteiger partial charge in [-0.05, 0) is 17.7 Å². The Balaban J connectivity index is 2.04. The van der Waals surface area contributed by atoms with E-state index in [1.807, 2.05) is 19.0 Å². The van der Waals surface area contributed by atoms with Crippen LogP contribution in [0.5, 0.6) is 0 Å². The fourth-order valence-corrected chi connectivity index (χ4v) is 4.45. The number of benzene rings is 1. The molecule has 1 aromatic heterocycles. The lowest BCUT2D eigenvalue weighted by Gasteiger charge is -2.14. The number of amides is 1. The average molecular weight is 365 g/mol. The first kappa shape index (κ1) is 16.9. The number of sulfone groups is 1. The van der Waals surface area contributed by atoms with E-state index in [2.05, 4.69) is 10.3 Å². The summed E-state index contributed by atoms with van der Waals surface area (Å²) in [5.74, 6) is -0.133. The summed E-state index contributed by atoms with van der Waals surface area (Å²) in [6.07, 6.45) is 1.52. The number of thiazole rings is 1. The standard InChI is InChI=1S/C16H19N3O3S2/c1-19(2)16-18-13-9-17-14(20)8-12(15(13)23-16)10-4-6-11(7-5-10)24(3,21)22/h4-7,12H,8-9H2,1-3H3,(H,17,20). The molecule has 0 fully saturated rings. The molecule has 24 heavy (non-hydrogen) atoms. The molecule has 2 heterocycles. The van der Waals surface area contributed by atoms with Gasteiger partial charge >= 0.3 is 0 Å². The summed E-state index contributed by atoms with van der Waals surface area (Å²) >= 11 is 1.58. The van der Waals surface area contributed by atoms with Crippen LogP contribution in [0, 0.1) is 0 Å². The number of nitrogens with one attached hydrogen (secondary N) is 1. The largest absolute Gasteiger partial charge is 0.354 e. The zero-order valence-electron chi connectivity index (χ0n) is 13.7. The monoisotopic (exact) mass is 365 g/mol. The second kappa shape index (κ2) is 6.18. The number of hydrogen-bond acceptors (Lipinski definition) is 6. The predicted molar refractivity (Wildman–Crippen MR) is 94.3 cm³/mol. The highest BCUT2D eigenvalue weighted by molar-refractivity contribution is 7.90. The minimum Gasteiger partial charge on any atom is -0.354 e. The van der Waals surface area contributed by atoms with Crippen molar-refractivity contribution in [2.75, 3.05) is 25.3 Å². The third-order valence-electron chi connectivity index (χ3n) is 3.97. The molecule has 0 aliphatic carbocycles. The maximum absolute atomic E-state index is 12.0. The third kappa shape index (κ3) is 3.29. The van der Waals surface area contributed by atoms with Crippen molar-refractivity contribution in [1.29, 1.82) is 0 Å². The molecule has 1 aliphatic heterocycles. The Kier molecular flexibility index (Phi) is 4.35. The van der Waals surface area contributed by atoms with Gasteiger partial charge in [-0.3, -0.25) is 4.79 Å². The van der Waals surface area contributed by atoms with Crippen LogP contribution in [-0.2, 0) is 21.2 Å². The molecule has 0 saturated heterocycles. The minimum absolute atomic E-state index is 0.0243. The van der Waals surface area contributed by atoms with E-state index in [1.54, 1.807) is 35.6 Å². The maximum atomic E-state index is 12.0. The van der Waals surface area contributed by atoms with E-state index in [-0.39, 0.29) is 16.7 Å². The number of aromatic nitrogens is 1. The molecule has 1 aliphatic rings. The van der Waals surface area contributed by atoms with Crippen molar-refractivity contribution in [2.24, 2.45) is 0 Å². The highest BCUT2D eigenvalue weighted by Gasteiger charge is 2.28. The maximum Gasteiger partial charge on any atom is 0.221 e. The van der Waals surface area contributed by atoms with E-state index in [9.17, 15) is 13.2 Å². The van der Waals surface area contributed by atoms with Crippen molar-refractivity contribution in [3.05, 3.63) is 40.4 Å². The molecule has 128 valence electrons. The highest BCUT2D eigenvalue weighted by atomic mass is 32.2. The first-order valence-electron chi connectivity index (χ1n) is 7.49. The Morgan fingerprint density at radius 3 is 2.50 bits per heavy atom. The zero-order valence-corrected chi connectivity index (χ0v) is 15.4. The van der Waals surface area contributed by atoms with E-state index in [0.29, 0.717) is 13.0 Å². The second-order valence-corrected chi connectivity index (χ2v) is 9.10. The lowest BCUT2D eigenvalue weighted by atomic mass is 9.94. The quantitative estimate of drug-likeness (QED) is 0.897. The Hall–Kier alpha value is -1.93. The van der Waals surface area contributed by atoms with Crippen LogP contribution in [0.2, 0.25) is 0 Å². The first-order valence-corrected chi connectivity index (χ1v) is 10.2. The minimum atomic E-state index is -3.23. The van der Waals surface area contributed by atoms with Crippen molar-refractivity contribution in [3.8, 4) is 0 Å². The van der Waals surface area contributed by atoms with Crippen molar-refractivity contribution in [3.63, 3.8) is 0 Å². The van der Waals surface area contributed by atoms with E-state index in [0.717, 1.165) is 21.3 Å². The lowest BCUT2D eigenvalue weighted by molar-refractivity contribution is -0.121. The molecule has 0 saturated carbocycles. The molecule has 3 rings (SSSR count). The van der Waals surface area contributed by atoms with Gasteiger partial charge in [-0.25, -0.2) is 13.4 Å². The van der Waals surface area contributed by atoms with Crippen LogP contribution in [0.25, 0.3) is 0 Å². The van der Waals surface area contributed by atoms with Crippen LogP contribution >= 0.6 is 11.3 Å². The van der Waals surface area contributed by atoms with Crippen molar-refractivity contribution in [1.82, 2.24) is 10.3 Å². The highest BCUT2D eigenvalue weighted by Crippen LogP contribution is 2.39. The van der Waals surface area contributed by atoms with Gasteiger partial charge < -0.3 is 10.2 Å². The summed E-state index contributed by atoms with van der Waals surface area (Å²) in [6.45, 7) is 0.427. The van der Waals surface area contributed by atoms with E-state index in [1.165, 1.54) is 6.26 Å². The molecule has 2 aromatic rings. The molecular weight excluding hydrogens is 346 g/mol. The summed E-state index contributed by atoms with van der Waals surface area (Å²) in [4.78, 5) is 19.9. The summed E-state index contributed by atoms with van der Waals surface area (Å²) in [5.41, 5.74) is 1.81. The number of hydrogen-bond donors (Lipinski definition) is 1. The van der Waals surface area contributed by atoms with Gasteiger partial charge in [0.25, 0.3) is 0 Å². The fourth-order valence-electron chi connectivity index (χ4n) is 2.69. The second-order valence-electron chi connectivity index (χ2n) is 6.08. The average Bonchev–Trinajstić information content (AvgIpc) is 2.88. The number of nitrogens with zero attached hydrogens (tertiary/aromatic N) is 2. The molecule has 1 amide bonds. The van der Waals surface area contributed by atoms with Crippen LogP contribution in [0.1, 0.15) is 28.5 Å². The smallest absolute Gasteiger partial charge is 0.221 e. The summed E-state index contributed by atoms with van der Waals surface area (Å²) < 4.78 is 23.3. The van der Waals surface area contributed by atoms with Crippen LogP contribution in [-0.4, -0.2) is 39.7 Å². The third-order valence-corrected chi connectivity index (χ3v) is 6.48. The Morgan fingerprint density at radius 2 is 1.92 bits per heavy atom. The van der Waals surface area contributed by atoms with E-state index in [4.69, 9.17) is 0 Å². The Morgan fingerprint density at radius 1 is 1.25 bits per heavy atom. The normalized spacial score (nSPS) is 17.8. The van der Waals surface area contributed by atoms with Gasteiger partial charge in [-0.2, -0.15) is 0 Å². The van der Waals surface area contributed by atoms with Gasteiger partial charge in [0, 0.05) is 37.6 Å². The fraction of sp³-hybridized carbons (Fsp3) is 0.375. The molecule has 1 N–H and O–H groups in total. The number of anilines is 1. The van der Waals surface area contributed by atoms with Crippen molar-refractivity contribution < 1.29 is 13.2 Å². The predicted octanol–water partition coefficient (Wildman–Crippen LogP) is 1.76. The van der Waals surface area contributed by atoms with Gasteiger partial charge in [-0.15, -0.1) is 11.3 Å². The SMILES string of the molecule is CN(C)c1nc2c(s1)C(c1ccc(S(C)(=O)=O)cc1)CC(=O)NC2. The van der Waals surface area contributed by atoms with Gasteiger partial charge in [0.15, 0.2) is 15.0 Å². The number of carbonyl (C=O) groups is 1. The Labute approximate surface area is 145 Å². The van der Waals surface area contributed by atoms with Gasteiger partial charge in [-0.1, -0.05) is 12.1 Å². The number of rotatable bonds is 3. The molecule has 8 heteroatoms. The molecule has 1 aromatic carbocycles. The van der Waals surface area contributed by atoms with Gasteiger partial charge in [0.2, 0.25) is 5.91 Å². The number of carbonyl (C=O) groups excluding carboxylic acids is 1. The Bertz CT molecular complexity index is 870. The first-order chi connectivity index (χ1) is 11.3. The van der Waals surface area contributed by atoms with Gasteiger partial charge in [0.05, 0.1) is 17.1 Å². The van der Waals surface area contributed by atoms with Crippen LogP contribution < -0.4 is 10.2 Å². The lowest BCUT2D eigenvalue weighted by Crippen LogP contribution is -2.21. The number of fused-ring (bicyclic) bond motifs is 1.